The van der Waals surface area contributed by atoms with E-state index in [2.05, 4.69) is 10.3 Å². The van der Waals surface area contributed by atoms with Crippen molar-refractivity contribution >= 4 is 17.5 Å². The van der Waals surface area contributed by atoms with E-state index < -0.39 is 11.0 Å². The molecular formula is C13H17ClN2O. The van der Waals surface area contributed by atoms with E-state index in [1.54, 1.807) is 6.07 Å². The number of fused-ring (bicyclic) bond motifs is 1. The topological polar surface area (TPSA) is 42.0 Å². The van der Waals surface area contributed by atoms with Crippen molar-refractivity contribution in [3.05, 3.63) is 28.5 Å². The molecule has 0 aliphatic carbocycles. The SMILES string of the molecule is CCC1(C)C(=O)NC(C)(C)c2ccc(Cl)nc21. The summed E-state index contributed by atoms with van der Waals surface area (Å²) >= 11 is 5.96. The van der Waals surface area contributed by atoms with Crippen molar-refractivity contribution in [3.63, 3.8) is 0 Å². The summed E-state index contributed by atoms with van der Waals surface area (Å²) in [5.74, 6) is 0.0206. The van der Waals surface area contributed by atoms with Gasteiger partial charge in [-0.2, -0.15) is 0 Å². The molecular weight excluding hydrogens is 236 g/mol. The molecule has 1 aliphatic heterocycles. The minimum Gasteiger partial charge on any atom is -0.346 e. The summed E-state index contributed by atoms with van der Waals surface area (Å²) in [4.78, 5) is 16.6. The first kappa shape index (κ1) is 12.4. The van der Waals surface area contributed by atoms with E-state index in [9.17, 15) is 4.79 Å². The van der Waals surface area contributed by atoms with Crippen molar-refractivity contribution in [1.29, 1.82) is 0 Å². The second-order valence-electron chi connectivity index (χ2n) is 5.29. The van der Waals surface area contributed by atoms with Gasteiger partial charge >= 0.3 is 0 Å². The van der Waals surface area contributed by atoms with Gasteiger partial charge in [-0.3, -0.25) is 4.79 Å². The van der Waals surface area contributed by atoms with Crippen molar-refractivity contribution < 1.29 is 4.79 Å². The smallest absolute Gasteiger partial charge is 0.232 e. The van der Waals surface area contributed by atoms with Crippen LogP contribution in [0.25, 0.3) is 0 Å². The number of hydrogen-bond acceptors (Lipinski definition) is 2. The van der Waals surface area contributed by atoms with Gasteiger partial charge in [0.25, 0.3) is 0 Å². The minimum absolute atomic E-state index is 0.0206. The predicted molar refractivity (Wildman–Crippen MR) is 68.1 cm³/mol. The molecule has 1 unspecified atom stereocenters. The zero-order valence-corrected chi connectivity index (χ0v) is 11.4. The number of pyridine rings is 1. The maximum atomic E-state index is 12.2. The van der Waals surface area contributed by atoms with Crippen LogP contribution in [0.15, 0.2) is 12.1 Å². The minimum atomic E-state index is -0.588. The van der Waals surface area contributed by atoms with Crippen LogP contribution < -0.4 is 5.32 Å². The van der Waals surface area contributed by atoms with E-state index in [0.717, 1.165) is 11.3 Å². The molecule has 1 aromatic rings. The summed E-state index contributed by atoms with van der Waals surface area (Å²) in [6.07, 6.45) is 0.704. The van der Waals surface area contributed by atoms with E-state index in [-0.39, 0.29) is 5.91 Å². The van der Waals surface area contributed by atoms with Gasteiger partial charge in [0.2, 0.25) is 5.91 Å². The number of halogens is 1. The first-order chi connectivity index (χ1) is 7.81. The maximum Gasteiger partial charge on any atom is 0.232 e. The molecule has 2 heterocycles. The van der Waals surface area contributed by atoms with Gasteiger partial charge in [-0.25, -0.2) is 4.98 Å². The monoisotopic (exact) mass is 252 g/mol. The average Bonchev–Trinajstić information content (AvgIpc) is 2.25. The van der Waals surface area contributed by atoms with Crippen LogP contribution in [0.2, 0.25) is 5.15 Å². The van der Waals surface area contributed by atoms with Gasteiger partial charge < -0.3 is 5.32 Å². The molecule has 0 aromatic carbocycles. The maximum absolute atomic E-state index is 12.2. The molecule has 0 saturated carbocycles. The van der Waals surface area contributed by atoms with Crippen molar-refractivity contribution in [3.8, 4) is 0 Å². The van der Waals surface area contributed by atoms with E-state index in [1.807, 2.05) is 33.8 Å². The zero-order valence-electron chi connectivity index (χ0n) is 10.6. The quantitative estimate of drug-likeness (QED) is 0.781. The lowest BCUT2D eigenvalue weighted by molar-refractivity contribution is -0.129. The Morgan fingerprint density at radius 2 is 2.00 bits per heavy atom. The molecule has 1 aromatic heterocycles. The molecule has 1 N–H and O–H groups in total. The lowest BCUT2D eigenvalue weighted by Gasteiger charge is -2.41. The summed E-state index contributed by atoms with van der Waals surface area (Å²) in [5.41, 5.74) is 0.876. The molecule has 0 saturated heterocycles. The number of nitrogens with zero attached hydrogens (tertiary/aromatic N) is 1. The fourth-order valence-corrected chi connectivity index (χ4v) is 2.43. The molecule has 1 aliphatic rings. The largest absolute Gasteiger partial charge is 0.346 e. The van der Waals surface area contributed by atoms with Gasteiger partial charge in [0, 0.05) is 0 Å². The molecule has 4 heteroatoms. The van der Waals surface area contributed by atoms with Crippen LogP contribution in [0.3, 0.4) is 0 Å². The third-order valence-electron chi connectivity index (χ3n) is 3.69. The second kappa shape index (κ2) is 3.70. The summed E-state index contributed by atoms with van der Waals surface area (Å²) in [6, 6.07) is 3.73. The van der Waals surface area contributed by atoms with Crippen molar-refractivity contribution in [2.75, 3.05) is 0 Å². The van der Waals surface area contributed by atoms with Crippen LogP contribution in [0.5, 0.6) is 0 Å². The highest BCUT2D eigenvalue weighted by Gasteiger charge is 2.46. The van der Waals surface area contributed by atoms with Gasteiger partial charge in [-0.05, 0) is 38.8 Å². The number of nitrogens with one attached hydrogen (secondary N) is 1. The van der Waals surface area contributed by atoms with Gasteiger partial charge in [0.1, 0.15) is 5.15 Å². The van der Waals surface area contributed by atoms with E-state index in [4.69, 9.17) is 11.6 Å². The molecule has 0 bridgehead atoms. The van der Waals surface area contributed by atoms with E-state index >= 15 is 0 Å². The van der Waals surface area contributed by atoms with E-state index in [0.29, 0.717) is 11.6 Å². The average molecular weight is 253 g/mol. The van der Waals surface area contributed by atoms with Crippen LogP contribution in [0.4, 0.5) is 0 Å². The fraction of sp³-hybridized carbons (Fsp3) is 0.538. The molecule has 0 radical (unpaired) electrons. The first-order valence-electron chi connectivity index (χ1n) is 5.81. The van der Waals surface area contributed by atoms with Crippen molar-refractivity contribution in [2.45, 2.75) is 45.1 Å². The number of amides is 1. The van der Waals surface area contributed by atoms with Crippen LogP contribution in [-0.4, -0.2) is 10.9 Å². The highest BCUT2D eigenvalue weighted by atomic mass is 35.5. The standard InChI is InChI=1S/C13H17ClN2O/c1-5-13(4)10-8(6-7-9(14)15-10)12(2,3)16-11(13)17/h6-7H,5H2,1-4H3,(H,16,17). The summed E-state index contributed by atoms with van der Waals surface area (Å²) in [5, 5.41) is 3.49. The predicted octanol–water partition coefficient (Wildman–Crippen LogP) is 2.77. The normalized spacial score (nSPS) is 26.3. The van der Waals surface area contributed by atoms with Crippen LogP contribution in [0, 0.1) is 0 Å². The summed E-state index contributed by atoms with van der Waals surface area (Å²) < 4.78 is 0. The van der Waals surface area contributed by atoms with Crippen LogP contribution >= 0.6 is 11.6 Å². The third kappa shape index (κ3) is 1.73. The molecule has 0 fully saturated rings. The highest BCUT2D eigenvalue weighted by Crippen LogP contribution is 2.39. The molecule has 1 atom stereocenters. The number of rotatable bonds is 1. The van der Waals surface area contributed by atoms with Gasteiger partial charge in [-0.1, -0.05) is 24.6 Å². The number of hydrogen-bond donors (Lipinski definition) is 1. The molecule has 0 spiro atoms. The number of carbonyl (C=O) groups is 1. The summed E-state index contributed by atoms with van der Waals surface area (Å²) in [6.45, 7) is 7.87. The number of carbonyl (C=O) groups excluding carboxylic acids is 1. The Balaban J connectivity index is 2.73. The fourth-order valence-electron chi connectivity index (χ4n) is 2.28. The second-order valence-corrected chi connectivity index (χ2v) is 5.68. The van der Waals surface area contributed by atoms with Gasteiger partial charge in [0.15, 0.2) is 0 Å². The van der Waals surface area contributed by atoms with Gasteiger partial charge in [0.05, 0.1) is 16.6 Å². The Labute approximate surface area is 107 Å². The van der Waals surface area contributed by atoms with E-state index in [1.165, 1.54) is 0 Å². The Kier molecular flexibility index (Phi) is 2.69. The Morgan fingerprint density at radius 1 is 1.35 bits per heavy atom. The molecule has 92 valence electrons. The molecule has 3 nitrogen and oxygen atoms in total. The lowest BCUT2D eigenvalue weighted by Crippen LogP contribution is -2.56. The van der Waals surface area contributed by atoms with Gasteiger partial charge in [-0.15, -0.1) is 0 Å². The van der Waals surface area contributed by atoms with Crippen LogP contribution in [0.1, 0.15) is 45.4 Å². The summed E-state index contributed by atoms with van der Waals surface area (Å²) in [7, 11) is 0. The highest BCUT2D eigenvalue weighted by molar-refractivity contribution is 6.29. The first-order valence-corrected chi connectivity index (χ1v) is 6.19. The Morgan fingerprint density at radius 3 is 2.59 bits per heavy atom. The molecule has 2 rings (SSSR count). The number of aromatic nitrogens is 1. The molecule has 1 amide bonds. The lowest BCUT2D eigenvalue weighted by atomic mass is 9.72. The Bertz CT molecular complexity index is 484. The molecule has 17 heavy (non-hydrogen) atoms. The Hall–Kier alpha value is -1.09. The van der Waals surface area contributed by atoms with Crippen molar-refractivity contribution in [1.82, 2.24) is 10.3 Å². The third-order valence-corrected chi connectivity index (χ3v) is 3.90. The van der Waals surface area contributed by atoms with Crippen LogP contribution in [-0.2, 0) is 15.7 Å². The van der Waals surface area contributed by atoms with Crippen molar-refractivity contribution in [2.24, 2.45) is 0 Å². The zero-order chi connectivity index (χ0) is 12.8.